The predicted octanol–water partition coefficient (Wildman–Crippen LogP) is 3.53. The number of benzene rings is 1. The highest BCUT2D eigenvalue weighted by atomic mass is 35.5. The molecule has 0 aliphatic carbocycles. The Morgan fingerprint density at radius 3 is 2.05 bits per heavy atom. The summed E-state index contributed by atoms with van der Waals surface area (Å²) in [5.41, 5.74) is 1.02. The molecular formula is C14H13Cl2N3O. The van der Waals surface area contributed by atoms with Gasteiger partial charge in [-0.15, -0.1) is 23.2 Å². The molecule has 0 atom stereocenters. The second-order valence-corrected chi connectivity index (χ2v) is 4.43. The second-order valence-electron chi connectivity index (χ2n) is 3.90. The summed E-state index contributed by atoms with van der Waals surface area (Å²) in [5, 5.41) is 0. The van der Waals surface area contributed by atoms with Crippen molar-refractivity contribution < 1.29 is 4.74 Å². The molecule has 20 heavy (non-hydrogen) atoms. The van der Waals surface area contributed by atoms with Crippen LogP contribution in [0.2, 0.25) is 0 Å². The van der Waals surface area contributed by atoms with E-state index in [9.17, 15) is 0 Å². The molecule has 0 aliphatic rings. The van der Waals surface area contributed by atoms with Crippen LogP contribution in [-0.4, -0.2) is 22.1 Å². The Morgan fingerprint density at radius 2 is 1.55 bits per heavy atom. The maximum atomic E-state index is 5.74. The van der Waals surface area contributed by atoms with Gasteiger partial charge in [-0.25, -0.2) is 15.0 Å². The van der Waals surface area contributed by atoms with Crippen LogP contribution in [0, 0.1) is 0 Å². The zero-order chi connectivity index (χ0) is 14.4. The lowest BCUT2D eigenvalue weighted by Crippen LogP contribution is -2.02. The summed E-state index contributed by atoms with van der Waals surface area (Å²) in [6.07, 6.45) is 3.71. The summed E-state index contributed by atoms with van der Waals surface area (Å²) in [6, 6.07) is 7.67. The Balaban J connectivity index is 2.21. The van der Waals surface area contributed by atoms with Gasteiger partial charge < -0.3 is 4.74 Å². The van der Waals surface area contributed by atoms with Crippen molar-refractivity contribution in [3.05, 3.63) is 47.3 Å². The molecule has 4 nitrogen and oxygen atoms in total. The molecule has 0 spiro atoms. The Kier molecular flexibility index (Phi) is 5.32. The largest absolute Gasteiger partial charge is 0.497 e. The molecule has 0 amide bonds. The number of alkyl halides is 2. The number of rotatable bonds is 5. The third kappa shape index (κ3) is 3.92. The van der Waals surface area contributed by atoms with Crippen LogP contribution < -0.4 is 4.74 Å². The Morgan fingerprint density at radius 1 is 0.950 bits per heavy atom. The monoisotopic (exact) mass is 309 g/mol. The van der Waals surface area contributed by atoms with Gasteiger partial charge in [0.2, 0.25) is 0 Å². The van der Waals surface area contributed by atoms with Crippen molar-refractivity contribution >= 4 is 35.4 Å². The molecule has 0 saturated heterocycles. The van der Waals surface area contributed by atoms with Crippen molar-refractivity contribution in [1.29, 1.82) is 0 Å². The van der Waals surface area contributed by atoms with E-state index >= 15 is 0 Å². The number of hydrogen-bond donors (Lipinski definition) is 0. The average Bonchev–Trinajstić information content (AvgIpc) is 2.53. The van der Waals surface area contributed by atoms with E-state index in [4.69, 9.17) is 27.9 Å². The van der Waals surface area contributed by atoms with Crippen LogP contribution in [0.3, 0.4) is 0 Å². The van der Waals surface area contributed by atoms with Gasteiger partial charge in [-0.3, -0.25) is 0 Å². The zero-order valence-corrected chi connectivity index (χ0v) is 12.4. The predicted molar refractivity (Wildman–Crippen MR) is 80.9 cm³/mol. The first kappa shape index (κ1) is 14.8. The van der Waals surface area contributed by atoms with Gasteiger partial charge in [0.25, 0.3) is 0 Å². The minimum atomic E-state index is 0.232. The molecule has 6 heteroatoms. The Bertz CT molecular complexity index is 578. The third-order valence-electron chi connectivity index (χ3n) is 2.53. The highest BCUT2D eigenvalue weighted by Crippen LogP contribution is 2.13. The van der Waals surface area contributed by atoms with Crippen LogP contribution >= 0.6 is 23.2 Å². The lowest BCUT2D eigenvalue weighted by Gasteiger charge is -2.01. The van der Waals surface area contributed by atoms with Crippen molar-refractivity contribution in [3.8, 4) is 5.75 Å². The first-order valence-corrected chi connectivity index (χ1v) is 7.00. The van der Waals surface area contributed by atoms with Gasteiger partial charge in [0, 0.05) is 0 Å². The standard InChI is InChI=1S/C14H13Cl2N3O/c1-20-11-5-2-10(3-6-11)4-7-12-17-13(8-15)19-14(9-16)18-12/h2-7H,8-9H2,1H3/b7-4+. The summed E-state index contributed by atoms with van der Waals surface area (Å²) in [7, 11) is 1.64. The van der Waals surface area contributed by atoms with Crippen LogP contribution in [0.1, 0.15) is 23.0 Å². The minimum Gasteiger partial charge on any atom is -0.497 e. The highest BCUT2D eigenvalue weighted by molar-refractivity contribution is 6.17. The molecule has 0 radical (unpaired) electrons. The molecule has 0 fully saturated rings. The summed E-state index contributed by atoms with van der Waals surface area (Å²) >= 11 is 11.5. The number of methoxy groups -OCH3 is 1. The lowest BCUT2D eigenvalue weighted by molar-refractivity contribution is 0.415. The zero-order valence-electron chi connectivity index (χ0n) is 10.9. The van der Waals surface area contributed by atoms with Crippen LogP contribution in [-0.2, 0) is 11.8 Å². The second kappa shape index (κ2) is 7.22. The number of nitrogens with zero attached hydrogens (tertiary/aromatic N) is 3. The van der Waals surface area contributed by atoms with E-state index in [-0.39, 0.29) is 11.8 Å². The van der Waals surface area contributed by atoms with Gasteiger partial charge >= 0.3 is 0 Å². The molecule has 0 N–H and O–H groups in total. The molecule has 2 aromatic rings. The van der Waals surface area contributed by atoms with Crippen molar-refractivity contribution in [2.24, 2.45) is 0 Å². The SMILES string of the molecule is COc1ccc(/C=C/c2nc(CCl)nc(CCl)n2)cc1. The maximum Gasteiger partial charge on any atom is 0.156 e. The fourth-order valence-electron chi connectivity index (χ4n) is 1.57. The topological polar surface area (TPSA) is 47.9 Å². The van der Waals surface area contributed by atoms with Crippen molar-refractivity contribution in [3.63, 3.8) is 0 Å². The van der Waals surface area contributed by atoms with Gasteiger partial charge in [-0.2, -0.15) is 0 Å². The Hall–Kier alpha value is -1.65. The van der Waals surface area contributed by atoms with Crippen LogP contribution in [0.15, 0.2) is 24.3 Å². The molecular weight excluding hydrogens is 297 g/mol. The van der Waals surface area contributed by atoms with Gasteiger partial charge in [0.1, 0.15) is 17.4 Å². The maximum absolute atomic E-state index is 5.74. The van der Waals surface area contributed by atoms with E-state index in [0.29, 0.717) is 17.5 Å². The lowest BCUT2D eigenvalue weighted by atomic mass is 10.2. The third-order valence-corrected chi connectivity index (χ3v) is 3.00. The molecule has 0 saturated carbocycles. The van der Waals surface area contributed by atoms with Crippen LogP contribution in [0.25, 0.3) is 12.2 Å². The summed E-state index contributed by atoms with van der Waals surface area (Å²) < 4.78 is 5.11. The number of ether oxygens (including phenoxy) is 1. The van der Waals surface area contributed by atoms with E-state index in [0.717, 1.165) is 11.3 Å². The molecule has 1 aromatic carbocycles. The first-order chi connectivity index (χ1) is 9.75. The van der Waals surface area contributed by atoms with E-state index in [1.54, 1.807) is 13.2 Å². The highest BCUT2D eigenvalue weighted by Gasteiger charge is 2.02. The summed E-state index contributed by atoms with van der Waals surface area (Å²) in [5.74, 6) is 2.86. The summed E-state index contributed by atoms with van der Waals surface area (Å²) in [6.45, 7) is 0. The molecule has 104 valence electrons. The van der Waals surface area contributed by atoms with Gasteiger partial charge in [-0.1, -0.05) is 18.2 Å². The first-order valence-electron chi connectivity index (χ1n) is 5.93. The van der Waals surface area contributed by atoms with Gasteiger partial charge in [0.05, 0.1) is 18.9 Å². The van der Waals surface area contributed by atoms with Crippen molar-refractivity contribution in [2.45, 2.75) is 11.8 Å². The number of aromatic nitrogens is 3. The molecule has 2 rings (SSSR count). The fraction of sp³-hybridized carbons (Fsp3) is 0.214. The van der Waals surface area contributed by atoms with Crippen LogP contribution in [0.5, 0.6) is 5.75 Å². The smallest absolute Gasteiger partial charge is 0.156 e. The minimum absolute atomic E-state index is 0.232. The van der Waals surface area contributed by atoms with Crippen molar-refractivity contribution in [1.82, 2.24) is 15.0 Å². The van der Waals surface area contributed by atoms with Gasteiger partial charge in [0.15, 0.2) is 5.82 Å². The molecule has 1 aromatic heterocycles. The van der Waals surface area contributed by atoms with Crippen molar-refractivity contribution in [2.75, 3.05) is 7.11 Å². The molecule has 0 bridgehead atoms. The Labute approximate surface area is 127 Å². The summed E-state index contributed by atoms with van der Waals surface area (Å²) in [4.78, 5) is 12.6. The van der Waals surface area contributed by atoms with Crippen LogP contribution in [0.4, 0.5) is 0 Å². The quantitative estimate of drug-likeness (QED) is 0.793. The van der Waals surface area contributed by atoms with E-state index < -0.39 is 0 Å². The molecule has 0 unspecified atom stereocenters. The fourth-order valence-corrected chi connectivity index (χ4v) is 1.81. The van der Waals surface area contributed by atoms with E-state index in [1.807, 2.05) is 30.3 Å². The van der Waals surface area contributed by atoms with Gasteiger partial charge in [-0.05, 0) is 23.8 Å². The average molecular weight is 310 g/mol. The van der Waals surface area contributed by atoms with E-state index in [1.165, 1.54) is 0 Å². The number of halogens is 2. The molecule has 0 aliphatic heterocycles. The molecule has 1 heterocycles. The number of hydrogen-bond acceptors (Lipinski definition) is 4. The van der Waals surface area contributed by atoms with E-state index in [2.05, 4.69) is 15.0 Å². The normalized spacial score (nSPS) is 10.9.